The lowest BCUT2D eigenvalue weighted by molar-refractivity contribution is -0.384. The molecule has 8 nitrogen and oxygen atoms in total. The van der Waals surface area contributed by atoms with Crippen LogP contribution in [0.5, 0.6) is 11.5 Å². The van der Waals surface area contributed by atoms with Crippen molar-refractivity contribution >= 4 is 71.8 Å². The number of Topliss-reactive ketones (excluding diaryl/α,β-unsaturated/α-hetero) is 1. The Hall–Kier alpha value is -4.77. The highest BCUT2D eigenvalue weighted by Gasteiger charge is 2.43. The van der Waals surface area contributed by atoms with Gasteiger partial charge in [-0.25, -0.2) is 0 Å². The van der Waals surface area contributed by atoms with Crippen LogP contribution in [0.15, 0.2) is 108 Å². The van der Waals surface area contributed by atoms with Gasteiger partial charge in [0.25, 0.3) is 11.6 Å². The quantitative estimate of drug-likeness (QED) is 0.0641. The first kappa shape index (κ1) is 29.3. The normalized spacial score (nSPS) is 11.4. The SMILES string of the molecule is CC(Oc1csc2ccccc12)(Oc1csc2ccccc12)N(CC(=O)c1ccc(Cl)c([N+](=O)[O-])c1)C(=O)c1ccccc1. The Kier molecular flexibility index (Phi) is 8.05. The summed E-state index contributed by atoms with van der Waals surface area (Å²) in [7, 11) is 0. The predicted octanol–water partition coefficient (Wildman–Crippen LogP) is 8.83. The minimum absolute atomic E-state index is 0.0104. The topological polar surface area (TPSA) is 99.0 Å². The van der Waals surface area contributed by atoms with Crippen LogP contribution in [0.2, 0.25) is 5.02 Å². The van der Waals surface area contributed by atoms with E-state index in [1.54, 1.807) is 37.3 Å². The summed E-state index contributed by atoms with van der Waals surface area (Å²) in [6.45, 7) is 1.07. The van der Waals surface area contributed by atoms with Crippen LogP contribution >= 0.6 is 34.3 Å². The average molecular weight is 643 g/mol. The van der Waals surface area contributed by atoms with Crippen LogP contribution < -0.4 is 9.47 Å². The molecule has 0 aliphatic heterocycles. The van der Waals surface area contributed by atoms with Gasteiger partial charge < -0.3 is 9.47 Å². The van der Waals surface area contributed by atoms with Gasteiger partial charge in [0.1, 0.15) is 16.5 Å². The van der Waals surface area contributed by atoms with Crippen molar-refractivity contribution in [3.8, 4) is 11.5 Å². The minimum atomic E-state index is -1.85. The lowest BCUT2D eigenvalue weighted by Crippen LogP contribution is -2.59. The molecule has 2 heterocycles. The predicted molar refractivity (Wildman–Crippen MR) is 173 cm³/mol. The van der Waals surface area contributed by atoms with Gasteiger partial charge in [0.2, 0.25) is 0 Å². The van der Waals surface area contributed by atoms with Crippen molar-refractivity contribution < 1.29 is 24.0 Å². The number of amides is 1. The molecule has 0 bridgehead atoms. The van der Waals surface area contributed by atoms with Crippen molar-refractivity contribution in [3.05, 3.63) is 134 Å². The number of hydrogen-bond donors (Lipinski definition) is 0. The van der Waals surface area contributed by atoms with Crippen LogP contribution in [0.25, 0.3) is 20.2 Å². The van der Waals surface area contributed by atoms with E-state index in [-0.39, 0.29) is 10.6 Å². The molecule has 220 valence electrons. The molecule has 0 atom stereocenters. The maximum absolute atomic E-state index is 14.3. The highest BCUT2D eigenvalue weighted by molar-refractivity contribution is 7.17. The third-order valence-electron chi connectivity index (χ3n) is 7.01. The number of nitro groups is 1. The fourth-order valence-corrected chi connectivity index (χ4v) is 6.71. The number of carbonyl (C=O) groups excluding carboxylic acids is 2. The maximum atomic E-state index is 14.3. The molecule has 0 radical (unpaired) electrons. The van der Waals surface area contributed by atoms with E-state index in [0.29, 0.717) is 17.1 Å². The zero-order valence-corrected chi connectivity index (χ0v) is 25.5. The molecule has 0 saturated carbocycles. The number of hydrogen-bond acceptors (Lipinski definition) is 8. The van der Waals surface area contributed by atoms with E-state index in [4.69, 9.17) is 21.1 Å². The Morgan fingerprint density at radius 1 is 0.818 bits per heavy atom. The van der Waals surface area contributed by atoms with Crippen LogP contribution in [0.1, 0.15) is 27.6 Å². The molecule has 0 N–H and O–H groups in total. The van der Waals surface area contributed by atoms with Gasteiger partial charge in [0.15, 0.2) is 5.78 Å². The molecule has 2 aromatic heterocycles. The van der Waals surface area contributed by atoms with Gasteiger partial charge in [-0.3, -0.25) is 24.6 Å². The Morgan fingerprint density at radius 2 is 1.36 bits per heavy atom. The molecule has 0 saturated heterocycles. The Balaban J connectivity index is 1.48. The van der Waals surface area contributed by atoms with Crippen molar-refractivity contribution in [2.75, 3.05) is 6.54 Å². The van der Waals surface area contributed by atoms with Crippen molar-refractivity contribution in [2.24, 2.45) is 0 Å². The number of benzene rings is 4. The maximum Gasteiger partial charge on any atom is 0.338 e. The van der Waals surface area contributed by atoms with Crippen LogP contribution in [-0.2, 0) is 0 Å². The van der Waals surface area contributed by atoms with E-state index in [1.807, 2.05) is 59.3 Å². The van der Waals surface area contributed by atoms with E-state index < -0.39 is 34.8 Å². The van der Waals surface area contributed by atoms with E-state index in [0.717, 1.165) is 26.2 Å². The molecule has 0 fully saturated rings. The van der Waals surface area contributed by atoms with Crippen LogP contribution in [-0.4, -0.2) is 34.0 Å². The number of fused-ring (bicyclic) bond motifs is 2. The highest BCUT2D eigenvalue weighted by atomic mass is 35.5. The number of ketones is 1. The van der Waals surface area contributed by atoms with E-state index in [1.165, 1.54) is 39.7 Å². The third kappa shape index (κ3) is 5.74. The van der Waals surface area contributed by atoms with Gasteiger partial charge in [0.05, 0.1) is 11.5 Å². The number of carbonyl (C=O) groups is 2. The summed E-state index contributed by atoms with van der Waals surface area (Å²) in [4.78, 5) is 40.1. The summed E-state index contributed by atoms with van der Waals surface area (Å²) in [5.41, 5.74) is -0.106. The summed E-state index contributed by atoms with van der Waals surface area (Å²) >= 11 is 8.95. The second-order valence-corrected chi connectivity index (χ2v) is 12.1. The largest absolute Gasteiger partial charge is 0.434 e. The zero-order valence-electron chi connectivity index (χ0n) is 23.1. The molecular formula is C33H23ClN2O6S2. The summed E-state index contributed by atoms with van der Waals surface area (Å²) in [5.74, 6) is -2.03. The smallest absolute Gasteiger partial charge is 0.338 e. The van der Waals surface area contributed by atoms with Gasteiger partial charge in [0, 0.05) is 55.0 Å². The molecular weight excluding hydrogens is 620 g/mol. The van der Waals surface area contributed by atoms with Crippen molar-refractivity contribution in [2.45, 2.75) is 12.8 Å². The average Bonchev–Trinajstić information content (AvgIpc) is 3.63. The Bertz CT molecular complexity index is 1950. The molecule has 0 spiro atoms. The van der Waals surface area contributed by atoms with Crippen LogP contribution in [0.3, 0.4) is 0 Å². The monoisotopic (exact) mass is 642 g/mol. The number of halogens is 1. The molecule has 44 heavy (non-hydrogen) atoms. The molecule has 4 aromatic carbocycles. The summed E-state index contributed by atoms with van der Waals surface area (Å²) in [6.07, 6.45) is 0. The first-order chi connectivity index (χ1) is 21.2. The number of thiophene rings is 2. The molecule has 1 amide bonds. The first-order valence-electron chi connectivity index (χ1n) is 13.4. The molecule has 0 aliphatic rings. The summed E-state index contributed by atoms with van der Waals surface area (Å²) in [6, 6.07) is 27.6. The van der Waals surface area contributed by atoms with Crippen LogP contribution in [0, 0.1) is 10.1 Å². The fourth-order valence-electron chi connectivity index (χ4n) is 4.80. The number of nitro benzene ring substituents is 1. The molecule has 11 heteroatoms. The highest BCUT2D eigenvalue weighted by Crippen LogP contribution is 2.39. The Labute approximate surface area is 264 Å². The van der Waals surface area contributed by atoms with Gasteiger partial charge in [-0.15, -0.1) is 22.7 Å². The van der Waals surface area contributed by atoms with Crippen molar-refractivity contribution in [1.29, 1.82) is 0 Å². The Morgan fingerprint density at radius 3 is 1.93 bits per heavy atom. The standard InChI is InChI=1S/C33H23ClN2O6S2/c1-33(41-28-19-43-30-13-7-5-11-23(28)30,42-29-20-44-31-14-8-6-12-24(29)31)35(32(38)21-9-3-2-4-10-21)18-27(37)22-15-16-25(34)26(17-22)36(39)40/h2-17,19-20H,18H2,1H3. The molecule has 0 aliphatic carbocycles. The van der Waals surface area contributed by atoms with Crippen molar-refractivity contribution in [1.82, 2.24) is 4.90 Å². The molecule has 6 rings (SSSR count). The van der Waals surface area contributed by atoms with E-state index in [2.05, 4.69) is 0 Å². The van der Waals surface area contributed by atoms with Gasteiger partial charge in [-0.05, 0) is 48.5 Å². The van der Waals surface area contributed by atoms with E-state index >= 15 is 0 Å². The molecule has 0 unspecified atom stereocenters. The number of ether oxygens (including phenoxy) is 2. The molecule has 6 aromatic rings. The minimum Gasteiger partial charge on any atom is -0.434 e. The lowest BCUT2D eigenvalue weighted by Gasteiger charge is -2.40. The van der Waals surface area contributed by atoms with Gasteiger partial charge >= 0.3 is 5.91 Å². The zero-order chi connectivity index (χ0) is 30.8. The second kappa shape index (κ2) is 12.1. The number of rotatable bonds is 10. The lowest BCUT2D eigenvalue weighted by atomic mass is 10.1. The summed E-state index contributed by atoms with van der Waals surface area (Å²) in [5, 5.41) is 16.7. The first-order valence-corrected chi connectivity index (χ1v) is 15.5. The van der Waals surface area contributed by atoms with Crippen LogP contribution in [0.4, 0.5) is 5.69 Å². The van der Waals surface area contributed by atoms with Gasteiger partial charge in [-0.2, -0.15) is 0 Å². The third-order valence-corrected chi connectivity index (χ3v) is 9.22. The van der Waals surface area contributed by atoms with Gasteiger partial charge in [-0.1, -0.05) is 54.1 Å². The fraction of sp³-hybridized carbons (Fsp3) is 0.0909. The van der Waals surface area contributed by atoms with Crippen molar-refractivity contribution in [3.63, 3.8) is 0 Å². The number of nitrogens with zero attached hydrogens (tertiary/aromatic N) is 2. The summed E-state index contributed by atoms with van der Waals surface area (Å²) < 4.78 is 15.2. The van der Waals surface area contributed by atoms with E-state index in [9.17, 15) is 19.7 Å². The second-order valence-electron chi connectivity index (χ2n) is 9.90.